The van der Waals surface area contributed by atoms with Crippen LogP contribution in [0.1, 0.15) is 85.5 Å². The van der Waals surface area contributed by atoms with Gasteiger partial charge in [-0.25, -0.2) is 0 Å². The van der Waals surface area contributed by atoms with Gasteiger partial charge in [0.2, 0.25) is 0 Å². The zero-order chi connectivity index (χ0) is 13.9. The van der Waals surface area contributed by atoms with Gasteiger partial charge in [0.05, 0.1) is 6.61 Å². The number of rotatable bonds is 11. The molecule has 0 rings (SSSR count). The number of ether oxygens (including phenoxy) is 1. The van der Waals surface area contributed by atoms with E-state index in [1.807, 2.05) is 0 Å². The molecule has 4 radical (unpaired) electrons. The average Bonchev–Trinajstić information content (AvgIpc) is 2.40. The van der Waals surface area contributed by atoms with Gasteiger partial charge in [0.15, 0.2) is 0 Å². The third kappa shape index (κ3) is 9.75. The van der Waals surface area contributed by atoms with Crippen LogP contribution in [-0.2, 0) is 9.53 Å². The molecule has 0 fully saturated rings. The first-order valence-electron chi connectivity index (χ1n) is 7.79. The van der Waals surface area contributed by atoms with Crippen LogP contribution in [0.15, 0.2) is 0 Å². The molecule has 112 valence electrons. The summed E-state index contributed by atoms with van der Waals surface area (Å²) in [6.45, 7) is 9.55. The second-order valence-electron chi connectivity index (χ2n) is 5.34. The zero-order valence-electron chi connectivity index (χ0n) is 13.4. The van der Waals surface area contributed by atoms with E-state index >= 15 is 0 Å². The fraction of sp³-hybridized carbons (Fsp3) is 0.938. The summed E-state index contributed by atoms with van der Waals surface area (Å²) in [6, 6.07) is 0. The molecule has 0 amide bonds. The van der Waals surface area contributed by atoms with Gasteiger partial charge in [-0.1, -0.05) is 59.8 Å². The number of esters is 1. The minimum Gasteiger partial charge on any atom is -0.466 e. The van der Waals surface area contributed by atoms with E-state index in [2.05, 4.69) is 27.7 Å². The first-order valence-corrected chi connectivity index (χ1v) is 7.79. The molecule has 0 aliphatic carbocycles. The van der Waals surface area contributed by atoms with E-state index in [-0.39, 0.29) is 29.9 Å². The van der Waals surface area contributed by atoms with Crippen molar-refractivity contribution in [3.05, 3.63) is 0 Å². The smallest absolute Gasteiger partial charge is 0.305 e. The molecule has 0 atom stereocenters. The topological polar surface area (TPSA) is 26.3 Å². The Morgan fingerprint density at radius 2 is 1.53 bits per heavy atom. The van der Waals surface area contributed by atoms with Crippen LogP contribution in [0.3, 0.4) is 0 Å². The van der Waals surface area contributed by atoms with E-state index in [4.69, 9.17) is 4.74 Å². The van der Waals surface area contributed by atoms with Crippen molar-refractivity contribution < 1.29 is 9.53 Å². The van der Waals surface area contributed by atoms with E-state index in [0.717, 1.165) is 25.7 Å². The SMILES string of the molecule is CCCCOC(=O)CCCCC(CC)(CC)CC.[Sn]. The molecule has 19 heavy (non-hydrogen) atoms. The van der Waals surface area contributed by atoms with E-state index in [9.17, 15) is 4.79 Å². The van der Waals surface area contributed by atoms with Crippen LogP contribution in [0, 0.1) is 5.41 Å². The molecule has 0 saturated carbocycles. The normalized spacial score (nSPS) is 10.9. The Bertz CT molecular complexity index is 205. The van der Waals surface area contributed by atoms with Gasteiger partial charge in [0.25, 0.3) is 0 Å². The van der Waals surface area contributed by atoms with Crippen LogP contribution in [0.4, 0.5) is 0 Å². The summed E-state index contributed by atoms with van der Waals surface area (Å²) in [5, 5.41) is 0. The number of unbranched alkanes of at least 4 members (excludes halogenated alkanes) is 2. The third-order valence-corrected chi connectivity index (χ3v) is 4.35. The predicted molar refractivity (Wildman–Crippen MR) is 83.4 cm³/mol. The molecule has 0 N–H and O–H groups in total. The molecule has 0 aromatic carbocycles. The summed E-state index contributed by atoms with van der Waals surface area (Å²) in [6.07, 6.45) is 9.79. The van der Waals surface area contributed by atoms with Gasteiger partial charge in [-0.05, 0) is 24.7 Å². The van der Waals surface area contributed by atoms with Crippen molar-refractivity contribution in [2.75, 3.05) is 6.61 Å². The van der Waals surface area contributed by atoms with Crippen LogP contribution in [0.5, 0.6) is 0 Å². The molecule has 0 spiro atoms. The van der Waals surface area contributed by atoms with Crippen molar-refractivity contribution in [1.29, 1.82) is 0 Å². The summed E-state index contributed by atoms with van der Waals surface area (Å²) in [5.41, 5.74) is 0.506. The Morgan fingerprint density at radius 3 is 2.00 bits per heavy atom. The Labute approximate surface area is 137 Å². The van der Waals surface area contributed by atoms with Gasteiger partial charge >= 0.3 is 5.97 Å². The molecule has 0 aromatic rings. The summed E-state index contributed by atoms with van der Waals surface area (Å²) in [5.74, 6) is -0.0152. The van der Waals surface area contributed by atoms with Gasteiger partial charge in [0, 0.05) is 30.3 Å². The summed E-state index contributed by atoms with van der Waals surface area (Å²) >= 11 is 0. The molecule has 0 unspecified atom stereocenters. The van der Waals surface area contributed by atoms with Crippen molar-refractivity contribution in [2.45, 2.75) is 85.5 Å². The molecular weight excluding hydrogens is 343 g/mol. The molecule has 0 bridgehead atoms. The molecule has 0 saturated heterocycles. The Morgan fingerprint density at radius 1 is 0.947 bits per heavy atom. The van der Waals surface area contributed by atoms with Gasteiger partial charge in [-0.15, -0.1) is 0 Å². The van der Waals surface area contributed by atoms with Crippen molar-refractivity contribution in [2.24, 2.45) is 5.41 Å². The van der Waals surface area contributed by atoms with Crippen molar-refractivity contribution in [3.8, 4) is 0 Å². The van der Waals surface area contributed by atoms with Crippen LogP contribution in [0.25, 0.3) is 0 Å². The van der Waals surface area contributed by atoms with E-state index in [1.165, 1.54) is 25.7 Å². The number of carbonyl (C=O) groups is 1. The van der Waals surface area contributed by atoms with E-state index in [0.29, 0.717) is 18.4 Å². The standard InChI is InChI=1S/C16H32O2.Sn/c1-5-9-14-18-15(17)12-10-11-13-16(6-2,7-3)8-4;/h5-14H2,1-4H3;. The predicted octanol–water partition coefficient (Wildman–Crippen LogP) is 4.73. The summed E-state index contributed by atoms with van der Waals surface area (Å²) in [4.78, 5) is 11.4. The fourth-order valence-corrected chi connectivity index (χ4v) is 2.45. The van der Waals surface area contributed by atoms with Gasteiger partial charge in [0.1, 0.15) is 0 Å². The monoisotopic (exact) mass is 376 g/mol. The number of hydrogen-bond acceptors (Lipinski definition) is 2. The van der Waals surface area contributed by atoms with Gasteiger partial charge in [-0.3, -0.25) is 4.79 Å². The third-order valence-electron chi connectivity index (χ3n) is 4.35. The van der Waals surface area contributed by atoms with Crippen LogP contribution >= 0.6 is 0 Å². The Kier molecular flexibility index (Phi) is 15.1. The maximum absolute atomic E-state index is 11.4. The van der Waals surface area contributed by atoms with Crippen molar-refractivity contribution in [3.63, 3.8) is 0 Å². The molecule has 0 aliphatic heterocycles. The minimum absolute atomic E-state index is 0. The minimum atomic E-state index is -0.0152. The van der Waals surface area contributed by atoms with Crippen LogP contribution in [0.2, 0.25) is 0 Å². The molecule has 0 aliphatic rings. The number of hydrogen-bond donors (Lipinski definition) is 0. The molecule has 0 heterocycles. The van der Waals surface area contributed by atoms with Gasteiger partial charge < -0.3 is 4.74 Å². The molecular formula is C16H32O2Sn. The second-order valence-corrected chi connectivity index (χ2v) is 5.34. The van der Waals surface area contributed by atoms with Crippen molar-refractivity contribution >= 4 is 29.9 Å². The second kappa shape index (κ2) is 13.3. The first kappa shape index (κ1) is 21.6. The zero-order valence-corrected chi connectivity index (χ0v) is 16.2. The molecule has 0 aromatic heterocycles. The van der Waals surface area contributed by atoms with Crippen LogP contribution < -0.4 is 0 Å². The summed E-state index contributed by atoms with van der Waals surface area (Å²) in [7, 11) is 0. The summed E-state index contributed by atoms with van der Waals surface area (Å²) < 4.78 is 5.15. The molecule has 3 heteroatoms. The van der Waals surface area contributed by atoms with Crippen molar-refractivity contribution in [1.82, 2.24) is 0 Å². The van der Waals surface area contributed by atoms with E-state index < -0.39 is 0 Å². The quantitative estimate of drug-likeness (QED) is 0.297. The Hall–Kier alpha value is 0.269. The fourth-order valence-electron chi connectivity index (χ4n) is 2.45. The number of carbonyl (C=O) groups excluding carboxylic acids is 1. The maximum Gasteiger partial charge on any atom is 0.305 e. The largest absolute Gasteiger partial charge is 0.466 e. The Balaban J connectivity index is 0. The average molecular weight is 375 g/mol. The van der Waals surface area contributed by atoms with E-state index in [1.54, 1.807) is 0 Å². The molecule has 2 nitrogen and oxygen atoms in total. The maximum atomic E-state index is 11.4. The van der Waals surface area contributed by atoms with Gasteiger partial charge in [-0.2, -0.15) is 0 Å². The van der Waals surface area contributed by atoms with Crippen LogP contribution in [-0.4, -0.2) is 36.5 Å². The first-order chi connectivity index (χ1) is 8.64.